The Morgan fingerprint density at radius 2 is 2.06 bits per heavy atom. The number of hydrogen-bond acceptors (Lipinski definition) is 3. The summed E-state index contributed by atoms with van der Waals surface area (Å²) >= 11 is 0. The van der Waals surface area contributed by atoms with E-state index in [2.05, 4.69) is 13.8 Å². The first-order valence-electron chi connectivity index (χ1n) is 6.55. The SMILES string of the molecule is CCCCC(CC)COc1ccccc1[N+](=O)[O-]. The van der Waals surface area contributed by atoms with Gasteiger partial charge < -0.3 is 4.74 Å². The van der Waals surface area contributed by atoms with Gasteiger partial charge in [-0.1, -0.05) is 45.2 Å². The molecule has 0 aliphatic heterocycles. The first-order valence-corrected chi connectivity index (χ1v) is 6.55. The highest BCUT2D eigenvalue weighted by Gasteiger charge is 2.15. The van der Waals surface area contributed by atoms with Gasteiger partial charge in [-0.25, -0.2) is 0 Å². The van der Waals surface area contributed by atoms with Crippen molar-refractivity contribution in [2.45, 2.75) is 39.5 Å². The van der Waals surface area contributed by atoms with E-state index in [9.17, 15) is 10.1 Å². The van der Waals surface area contributed by atoms with Gasteiger partial charge in [-0.2, -0.15) is 0 Å². The van der Waals surface area contributed by atoms with Crippen molar-refractivity contribution >= 4 is 5.69 Å². The topological polar surface area (TPSA) is 52.4 Å². The minimum Gasteiger partial charge on any atom is -0.487 e. The van der Waals surface area contributed by atoms with Crippen LogP contribution in [-0.2, 0) is 0 Å². The van der Waals surface area contributed by atoms with Crippen molar-refractivity contribution in [2.24, 2.45) is 5.92 Å². The Labute approximate surface area is 108 Å². The van der Waals surface area contributed by atoms with Crippen molar-refractivity contribution in [3.63, 3.8) is 0 Å². The molecule has 1 aromatic carbocycles. The van der Waals surface area contributed by atoms with Crippen LogP contribution in [-0.4, -0.2) is 11.5 Å². The lowest BCUT2D eigenvalue weighted by atomic mass is 10.0. The van der Waals surface area contributed by atoms with Gasteiger partial charge in [0.1, 0.15) is 0 Å². The van der Waals surface area contributed by atoms with Gasteiger partial charge in [0.05, 0.1) is 11.5 Å². The first kappa shape index (κ1) is 14.5. The molecule has 0 aromatic heterocycles. The van der Waals surface area contributed by atoms with Crippen molar-refractivity contribution < 1.29 is 9.66 Å². The Morgan fingerprint density at radius 1 is 1.33 bits per heavy atom. The van der Waals surface area contributed by atoms with Crippen molar-refractivity contribution in [2.75, 3.05) is 6.61 Å². The van der Waals surface area contributed by atoms with E-state index in [0.29, 0.717) is 18.3 Å². The molecule has 0 radical (unpaired) electrons. The molecular formula is C14H21NO3. The minimum atomic E-state index is -0.400. The molecule has 0 saturated carbocycles. The summed E-state index contributed by atoms with van der Waals surface area (Å²) in [6, 6.07) is 6.54. The highest BCUT2D eigenvalue weighted by molar-refractivity contribution is 5.45. The molecular weight excluding hydrogens is 230 g/mol. The van der Waals surface area contributed by atoms with Crippen molar-refractivity contribution in [3.05, 3.63) is 34.4 Å². The summed E-state index contributed by atoms with van der Waals surface area (Å²) in [4.78, 5) is 10.4. The van der Waals surface area contributed by atoms with Crippen LogP contribution in [0.3, 0.4) is 0 Å². The summed E-state index contributed by atoms with van der Waals surface area (Å²) in [5, 5.41) is 10.8. The third-order valence-electron chi connectivity index (χ3n) is 3.08. The van der Waals surface area contributed by atoms with Gasteiger partial charge in [0, 0.05) is 6.07 Å². The van der Waals surface area contributed by atoms with Crippen molar-refractivity contribution in [1.29, 1.82) is 0 Å². The average molecular weight is 251 g/mol. The number of para-hydroxylation sites is 2. The number of benzene rings is 1. The minimum absolute atomic E-state index is 0.0443. The Balaban J connectivity index is 2.59. The summed E-state index contributed by atoms with van der Waals surface area (Å²) in [7, 11) is 0. The third-order valence-corrected chi connectivity index (χ3v) is 3.08. The lowest BCUT2D eigenvalue weighted by Gasteiger charge is -2.15. The molecule has 0 N–H and O–H groups in total. The number of nitro groups is 1. The van der Waals surface area contributed by atoms with Crippen LogP contribution in [0, 0.1) is 16.0 Å². The highest BCUT2D eigenvalue weighted by Crippen LogP contribution is 2.27. The van der Waals surface area contributed by atoms with Gasteiger partial charge in [0.25, 0.3) is 0 Å². The zero-order valence-corrected chi connectivity index (χ0v) is 11.1. The number of ether oxygens (including phenoxy) is 1. The summed E-state index contributed by atoms with van der Waals surface area (Å²) < 4.78 is 5.61. The largest absolute Gasteiger partial charge is 0.487 e. The fourth-order valence-electron chi connectivity index (χ4n) is 1.84. The molecule has 1 aromatic rings. The molecule has 18 heavy (non-hydrogen) atoms. The number of nitrogens with zero attached hydrogens (tertiary/aromatic N) is 1. The molecule has 0 aliphatic carbocycles. The van der Waals surface area contributed by atoms with Crippen LogP contribution in [0.25, 0.3) is 0 Å². The number of hydrogen-bond donors (Lipinski definition) is 0. The van der Waals surface area contributed by atoms with Gasteiger partial charge in [-0.05, 0) is 18.4 Å². The maximum Gasteiger partial charge on any atom is 0.310 e. The predicted octanol–water partition coefficient (Wildman–Crippen LogP) is 4.19. The third kappa shape index (κ3) is 4.35. The monoisotopic (exact) mass is 251 g/mol. The fraction of sp³-hybridized carbons (Fsp3) is 0.571. The predicted molar refractivity (Wildman–Crippen MR) is 71.9 cm³/mol. The molecule has 100 valence electrons. The molecule has 4 nitrogen and oxygen atoms in total. The lowest BCUT2D eigenvalue weighted by molar-refractivity contribution is -0.385. The second-order valence-electron chi connectivity index (χ2n) is 4.45. The second-order valence-corrected chi connectivity index (χ2v) is 4.45. The molecule has 0 aliphatic rings. The maximum atomic E-state index is 10.8. The molecule has 1 atom stereocenters. The summed E-state index contributed by atoms with van der Waals surface area (Å²) in [6.07, 6.45) is 4.51. The molecule has 1 rings (SSSR count). The van der Waals surface area contributed by atoms with Crippen LogP contribution in [0.2, 0.25) is 0 Å². The van der Waals surface area contributed by atoms with Gasteiger partial charge in [0.15, 0.2) is 5.75 Å². The van der Waals surface area contributed by atoms with E-state index in [4.69, 9.17) is 4.74 Å². The van der Waals surface area contributed by atoms with E-state index >= 15 is 0 Å². The smallest absolute Gasteiger partial charge is 0.310 e. The van der Waals surface area contributed by atoms with Crippen molar-refractivity contribution in [3.8, 4) is 5.75 Å². The van der Waals surface area contributed by atoms with Crippen LogP contribution < -0.4 is 4.74 Å². The molecule has 0 heterocycles. The van der Waals surface area contributed by atoms with Crippen LogP contribution in [0.5, 0.6) is 5.75 Å². The Hall–Kier alpha value is -1.58. The van der Waals surface area contributed by atoms with Gasteiger partial charge in [-0.15, -0.1) is 0 Å². The van der Waals surface area contributed by atoms with Crippen LogP contribution in [0.4, 0.5) is 5.69 Å². The molecule has 0 fully saturated rings. The van der Waals surface area contributed by atoms with Gasteiger partial charge in [0.2, 0.25) is 0 Å². The number of rotatable bonds is 8. The van der Waals surface area contributed by atoms with Gasteiger partial charge >= 0.3 is 5.69 Å². The second kappa shape index (κ2) is 7.69. The maximum absolute atomic E-state index is 10.8. The quantitative estimate of drug-likeness (QED) is 0.514. The molecule has 0 bridgehead atoms. The molecule has 0 amide bonds. The van der Waals surface area contributed by atoms with Crippen molar-refractivity contribution in [1.82, 2.24) is 0 Å². The molecule has 0 saturated heterocycles. The number of nitro benzene ring substituents is 1. The van der Waals surface area contributed by atoms with E-state index in [1.807, 2.05) is 0 Å². The lowest BCUT2D eigenvalue weighted by Crippen LogP contribution is -2.12. The molecule has 0 spiro atoms. The van der Waals surface area contributed by atoms with E-state index in [-0.39, 0.29) is 5.69 Å². The van der Waals surface area contributed by atoms with E-state index < -0.39 is 4.92 Å². The normalized spacial score (nSPS) is 12.1. The summed E-state index contributed by atoms with van der Waals surface area (Å²) in [5.74, 6) is 0.849. The zero-order valence-electron chi connectivity index (χ0n) is 11.1. The standard InChI is InChI=1S/C14H21NO3/c1-3-5-8-12(4-2)11-18-14-10-7-6-9-13(14)15(16)17/h6-7,9-10,12H,3-5,8,11H2,1-2H3. The van der Waals surface area contributed by atoms with Crippen LogP contribution in [0.15, 0.2) is 24.3 Å². The van der Waals surface area contributed by atoms with E-state index in [1.54, 1.807) is 18.2 Å². The summed E-state index contributed by atoms with van der Waals surface area (Å²) in [6.45, 7) is 4.85. The Bertz CT molecular complexity index is 379. The van der Waals surface area contributed by atoms with Gasteiger partial charge in [-0.3, -0.25) is 10.1 Å². The summed E-state index contributed by atoms with van der Waals surface area (Å²) in [5.41, 5.74) is 0.0443. The van der Waals surface area contributed by atoms with Crippen LogP contribution in [0.1, 0.15) is 39.5 Å². The molecule has 4 heteroatoms. The Morgan fingerprint density at radius 3 is 2.67 bits per heavy atom. The highest BCUT2D eigenvalue weighted by atomic mass is 16.6. The average Bonchev–Trinajstić information content (AvgIpc) is 2.39. The zero-order chi connectivity index (χ0) is 13.4. The van der Waals surface area contributed by atoms with Crippen LogP contribution >= 0.6 is 0 Å². The van der Waals surface area contributed by atoms with E-state index in [1.165, 1.54) is 18.9 Å². The van der Waals surface area contributed by atoms with E-state index in [0.717, 1.165) is 12.8 Å². The number of unbranched alkanes of at least 4 members (excludes halogenated alkanes) is 1. The fourth-order valence-corrected chi connectivity index (χ4v) is 1.84. The molecule has 1 unspecified atom stereocenters. The first-order chi connectivity index (χ1) is 8.69. The Kier molecular flexibility index (Phi) is 6.19.